The molecular weight excluding hydrogens is 541 g/mol. The molecule has 0 aliphatic heterocycles. The van der Waals surface area contributed by atoms with E-state index in [0.717, 1.165) is 21.9 Å². The van der Waals surface area contributed by atoms with E-state index in [9.17, 15) is 0 Å². The molecule has 4 aromatic rings. The number of rotatable bonds is 6. The van der Waals surface area contributed by atoms with E-state index >= 15 is 0 Å². The van der Waals surface area contributed by atoms with Crippen LogP contribution in [0.2, 0.25) is 5.04 Å². The quantitative estimate of drug-likeness (QED) is 0.247. The van der Waals surface area contributed by atoms with Crippen LogP contribution in [0.3, 0.4) is 0 Å². The van der Waals surface area contributed by atoms with Crippen molar-refractivity contribution in [2.45, 2.75) is 50.9 Å². The summed E-state index contributed by atoms with van der Waals surface area (Å²) in [5.74, 6) is 0.586. The van der Waals surface area contributed by atoms with Gasteiger partial charge in [0.05, 0.1) is 33.8 Å². The van der Waals surface area contributed by atoms with E-state index in [1.165, 1.54) is 10.4 Å². The number of ether oxygens (including phenoxy) is 1. The van der Waals surface area contributed by atoms with Crippen molar-refractivity contribution in [3.63, 3.8) is 0 Å². The molecule has 2 aromatic carbocycles. The van der Waals surface area contributed by atoms with E-state index in [2.05, 4.69) is 114 Å². The maximum atomic E-state index is 7.25. The average Bonchev–Trinajstić information content (AvgIpc) is 3.18. The first-order chi connectivity index (χ1) is 15.9. The number of aromatic nitrogens is 3. The maximum Gasteiger partial charge on any atom is 0.261 e. The van der Waals surface area contributed by atoms with Crippen molar-refractivity contribution >= 4 is 46.8 Å². The summed E-state index contributed by atoms with van der Waals surface area (Å²) in [5.41, 5.74) is 0.983. The van der Waals surface area contributed by atoms with Crippen LogP contribution in [0.4, 0.5) is 0 Å². The standard InChI is InChI=1S/C26H28IN3O2Si/c1-26(2,3)33(19-10-6-4-7-11-19,20-12-8-5-9-13-20)32-24-15-14-23(24)31-25-18-30-22(17-28-25)21(27)16-29-30/h4-13,16-18,23-24H,14-15H2,1-3H3. The number of benzene rings is 2. The molecule has 1 fully saturated rings. The second-order valence-electron chi connectivity index (χ2n) is 9.60. The Hall–Kier alpha value is -2.23. The molecule has 1 aliphatic rings. The molecular formula is C26H28IN3O2Si. The van der Waals surface area contributed by atoms with E-state index in [0.29, 0.717) is 5.88 Å². The van der Waals surface area contributed by atoms with Crippen molar-refractivity contribution in [3.8, 4) is 5.88 Å². The highest BCUT2D eigenvalue weighted by atomic mass is 127. The number of hydrogen-bond acceptors (Lipinski definition) is 4. The molecule has 5 rings (SSSR count). The van der Waals surface area contributed by atoms with Gasteiger partial charge in [-0.2, -0.15) is 5.10 Å². The Labute approximate surface area is 209 Å². The second-order valence-corrected chi connectivity index (χ2v) is 15.0. The van der Waals surface area contributed by atoms with Crippen LogP contribution in [0.1, 0.15) is 33.6 Å². The minimum atomic E-state index is -2.60. The van der Waals surface area contributed by atoms with Crippen molar-refractivity contribution in [3.05, 3.63) is 82.8 Å². The Morgan fingerprint density at radius 1 is 0.909 bits per heavy atom. The minimum Gasteiger partial charge on any atom is -0.471 e. The number of nitrogens with zero attached hydrogens (tertiary/aromatic N) is 3. The maximum absolute atomic E-state index is 7.25. The topological polar surface area (TPSA) is 48.7 Å². The Kier molecular flexibility index (Phi) is 6.05. The normalized spacial score (nSPS) is 18.8. The number of fused-ring (bicyclic) bond motifs is 1. The summed E-state index contributed by atoms with van der Waals surface area (Å²) < 4.78 is 16.5. The van der Waals surface area contributed by atoms with Gasteiger partial charge in [-0.25, -0.2) is 9.50 Å². The van der Waals surface area contributed by atoms with Gasteiger partial charge in [0.2, 0.25) is 5.88 Å². The molecule has 1 saturated carbocycles. The summed E-state index contributed by atoms with van der Waals surface area (Å²) in [4.78, 5) is 4.53. The Morgan fingerprint density at radius 3 is 2.06 bits per heavy atom. The van der Waals surface area contributed by atoms with Crippen LogP contribution in [0.5, 0.6) is 5.88 Å². The van der Waals surface area contributed by atoms with Crippen molar-refractivity contribution in [1.82, 2.24) is 14.6 Å². The second kappa shape index (κ2) is 8.85. The molecule has 0 radical (unpaired) electrons. The summed E-state index contributed by atoms with van der Waals surface area (Å²) in [6.45, 7) is 6.92. The van der Waals surface area contributed by atoms with Gasteiger partial charge in [0.25, 0.3) is 8.32 Å². The van der Waals surface area contributed by atoms with E-state index in [-0.39, 0.29) is 17.2 Å². The molecule has 0 bridgehead atoms. The summed E-state index contributed by atoms with van der Waals surface area (Å²) in [5, 5.41) is 6.91. The fourth-order valence-electron chi connectivity index (χ4n) is 4.68. The van der Waals surface area contributed by atoms with Crippen LogP contribution in [0, 0.1) is 3.57 Å². The molecule has 0 N–H and O–H groups in total. The summed E-state index contributed by atoms with van der Waals surface area (Å²) in [6.07, 6.45) is 7.45. The molecule has 1 aliphatic carbocycles. The van der Waals surface area contributed by atoms with Gasteiger partial charge in [0.15, 0.2) is 0 Å². The van der Waals surface area contributed by atoms with E-state index in [1.807, 2.05) is 23.1 Å². The van der Waals surface area contributed by atoms with Gasteiger partial charge in [0, 0.05) is 0 Å². The van der Waals surface area contributed by atoms with Crippen molar-refractivity contribution < 1.29 is 9.16 Å². The fourth-order valence-corrected chi connectivity index (χ4v) is 9.93. The fraction of sp³-hybridized carbons (Fsp3) is 0.308. The lowest BCUT2D eigenvalue weighted by Gasteiger charge is -2.49. The van der Waals surface area contributed by atoms with Gasteiger partial charge in [-0.05, 0) is 50.8 Å². The first-order valence-corrected chi connectivity index (χ1v) is 14.3. The molecule has 33 heavy (non-hydrogen) atoms. The first kappa shape index (κ1) is 22.6. The van der Waals surface area contributed by atoms with Gasteiger partial charge in [0.1, 0.15) is 6.10 Å². The van der Waals surface area contributed by atoms with Crippen LogP contribution >= 0.6 is 22.6 Å². The summed E-state index contributed by atoms with van der Waals surface area (Å²) in [7, 11) is -2.60. The molecule has 2 atom stereocenters. The largest absolute Gasteiger partial charge is 0.471 e. The molecule has 7 heteroatoms. The lowest BCUT2D eigenvalue weighted by molar-refractivity contribution is -0.0280. The van der Waals surface area contributed by atoms with Crippen LogP contribution in [0.25, 0.3) is 5.52 Å². The van der Waals surface area contributed by atoms with Gasteiger partial charge in [-0.3, -0.25) is 0 Å². The van der Waals surface area contributed by atoms with Crippen LogP contribution in [0.15, 0.2) is 79.3 Å². The predicted octanol–water partition coefficient (Wildman–Crippen LogP) is 4.82. The minimum absolute atomic E-state index is 0.0200. The average molecular weight is 570 g/mol. The van der Waals surface area contributed by atoms with Gasteiger partial charge < -0.3 is 9.16 Å². The monoisotopic (exact) mass is 569 g/mol. The third-order valence-electron chi connectivity index (χ3n) is 6.50. The van der Waals surface area contributed by atoms with Crippen LogP contribution in [-0.2, 0) is 4.43 Å². The van der Waals surface area contributed by atoms with Crippen LogP contribution < -0.4 is 15.1 Å². The zero-order valence-electron chi connectivity index (χ0n) is 19.1. The molecule has 5 nitrogen and oxygen atoms in total. The molecule has 0 amide bonds. The zero-order valence-corrected chi connectivity index (χ0v) is 22.3. The van der Waals surface area contributed by atoms with Gasteiger partial charge >= 0.3 is 0 Å². The molecule has 0 saturated heterocycles. The molecule has 2 unspecified atom stereocenters. The SMILES string of the molecule is CC(C)(C)[Si](OC1CCC1Oc1cn2ncc(I)c2cn1)(c1ccccc1)c1ccccc1. The van der Waals surface area contributed by atoms with E-state index < -0.39 is 8.32 Å². The number of hydrogen-bond donors (Lipinski definition) is 0. The first-order valence-electron chi connectivity index (χ1n) is 11.3. The Morgan fingerprint density at radius 2 is 1.52 bits per heavy atom. The third kappa shape index (κ3) is 4.11. The third-order valence-corrected chi connectivity index (χ3v) is 12.4. The molecule has 170 valence electrons. The van der Waals surface area contributed by atoms with Gasteiger partial charge in [-0.15, -0.1) is 0 Å². The summed E-state index contributed by atoms with van der Waals surface area (Å²) in [6, 6.07) is 21.5. The van der Waals surface area contributed by atoms with Gasteiger partial charge in [-0.1, -0.05) is 81.4 Å². The number of halogens is 1. The van der Waals surface area contributed by atoms with Crippen LogP contribution in [-0.4, -0.2) is 35.1 Å². The summed E-state index contributed by atoms with van der Waals surface area (Å²) >= 11 is 2.27. The van der Waals surface area contributed by atoms with E-state index in [1.54, 1.807) is 0 Å². The smallest absolute Gasteiger partial charge is 0.261 e. The molecule has 0 spiro atoms. The zero-order chi connectivity index (χ0) is 23.1. The highest BCUT2D eigenvalue weighted by molar-refractivity contribution is 14.1. The lowest BCUT2D eigenvalue weighted by atomic mass is 9.92. The lowest BCUT2D eigenvalue weighted by Crippen LogP contribution is -2.69. The highest BCUT2D eigenvalue weighted by Gasteiger charge is 2.53. The van der Waals surface area contributed by atoms with Crippen molar-refractivity contribution in [1.29, 1.82) is 0 Å². The van der Waals surface area contributed by atoms with E-state index in [4.69, 9.17) is 9.16 Å². The molecule has 2 heterocycles. The highest BCUT2D eigenvalue weighted by Crippen LogP contribution is 2.40. The van der Waals surface area contributed by atoms with Crippen molar-refractivity contribution in [2.24, 2.45) is 0 Å². The Bertz CT molecular complexity index is 1200. The van der Waals surface area contributed by atoms with Crippen molar-refractivity contribution in [2.75, 3.05) is 0 Å². The predicted molar refractivity (Wildman–Crippen MR) is 142 cm³/mol. The molecule has 2 aromatic heterocycles. The Balaban J connectivity index is 1.47.